The van der Waals surface area contributed by atoms with Gasteiger partial charge in [0.25, 0.3) is 0 Å². The highest BCUT2D eigenvalue weighted by atomic mass is 32.2. The Kier molecular flexibility index (Phi) is 8.11. The number of hydrogen-bond acceptors (Lipinski definition) is 7. The number of anilines is 1. The maximum Gasteiger partial charge on any atom is 0.220 e. The number of nitrogens with zero attached hydrogens (tertiary/aromatic N) is 4. The number of thioether (sulfide) groups is 1. The molecule has 0 aromatic carbocycles. The molecule has 144 valence electrons. The fourth-order valence-corrected chi connectivity index (χ4v) is 2.82. The predicted molar refractivity (Wildman–Crippen MR) is 105 cm³/mol. The Bertz CT molecular complexity index is 719. The summed E-state index contributed by atoms with van der Waals surface area (Å²) >= 11 is 1.48. The van der Waals surface area contributed by atoms with Crippen LogP contribution in [0.4, 0.5) is 5.82 Å². The average Bonchev–Trinajstić information content (AvgIpc) is 3.01. The molecule has 0 unspecified atom stereocenters. The molecule has 0 aliphatic carbocycles. The van der Waals surface area contributed by atoms with Crippen LogP contribution in [0.3, 0.4) is 0 Å². The molecule has 2 aromatic rings. The van der Waals surface area contributed by atoms with Crippen molar-refractivity contribution in [3.63, 3.8) is 0 Å². The Labute approximate surface area is 158 Å². The second-order valence-electron chi connectivity index (χ2n) is 6.24. The lowest BCUT2D eigenvalue weighted by Crippen LogP contribution is -2.28. The summed E-state index contributed by atoms with van der Waals surface area (Å²) in [6.45, 7) is 9.10. The summed E-state index contributed by atoms with van der Waals surface area (Å²) in [5, 5.41) is 12.2. The van der Waals surface area contributed by atoms with Gasteiger partial charge in [0, 0.05) is 26.1 Å². The first-order chi connectivity index (χ1) is 12.5. The molecule has 26 heavy (non-hydrogen) atoms. The van der Waals surface area contributed by atoms with Crippen LogP contribution in [0, 0.1) is 5.92 Å². The van der Waals surface area contributed by atoms with Crippen molar-refractivity contribution in [1.29, 1.82) is 0 Å². The van der Waals surface area contributed by atoms with E-state index in [1.54, 1.807) is 10.9 Å². The molecule has 0 bridgehead atoms. The number of carbonyl (C=O) groups excluding carboxylic acids is 1. The molecule has 0 spiro atoms. The molecule has 1 amide bonds. The summed E-state index contributed by atoms with van der Waals surface area (Å²) in [6, 6.07) is 0. The van der Waals surface area contributed by atoms with Crippen molar-refractivity contribution in [2.75, 3.05) is 37.9 Å². The minimum Gasteiger partial charge on any atom is -0.380 e. The van der Waals surface area contributed by atoms with Gasteiger partial charge in [-0.25, -0.2) is 14.6 Å². The highest BCUT2D eigenvalue weighted by molar-refractivity contribution is 7.98. The third kappa shape index (κ3) is 5.84. The van der Waals surface area contributed by atoms with E-state index >= 15 is 0 Å². The van der Waals surface area contributed by atoms with Gasteiger partial charge in [-0.05, 0) is 19.1 Å². The third-order valence-electron chi connectivity index (χ3n) is 3.64. The third-order valence-corrected chi connectivity index (χ3v) is 4.19. The van der Waals surface area contributed by atoms with Crippen molar-refractivity contribution in [2.45, 2.75) is 38.9 Å². The lowest BCUT2D eigenvalue weighted by atomic mass is 10.1. The normalized spacial score (nSPS) is 11.3. The Balaban J connectivity index is 2.07. The average molecular weight is 381 g/mol. The first kappa shape index (κ1) is 20.4. The van der Waals surface area contributed by atoms with E-state index in [2.05, 4.69) is 25.7 Å². The van der Waals surface area contributed by atoms with E-state index in [0.717, 1.165) is 16.9 Å². The van der Waals surface area contributed by atoms with Gasteiger partial charge < -0.3 is 15.4 Å². The lowest BCUT2D eigenvalue weighted by Gasteiger charge is -2.10. The molecule has 8 nitrogen and oxygen atoms in total. The number of hydrogen-bond donors (Lipinski definition) is 2. The maximum atomic E-state index is 11.8. The van der Waals surface area contributed by atoms with E-state index in [4.69, 9.17) is 4.74 Å². The van der Waals surface area contributed by atoms with Gasteiger partial charge in [0.15, 0.2) is 10.8 Å². The van der Waals surface area contributed by atoms with Gasteiger partial charge >= 0.3 is 0 Å². The Hall–Kier alpha value is -1.87. The molecule has 0 saturated carbocycles. The molecule has 0 fully saturated rings. The highest BCUT2D eigenvalue weighted by Gasteiger charge is 2.13. The summed E-state index contributed by atoms with van der Waals surface area (Å²) in [5.41, 5.74) is 0.765. The smallest absolute Gasteiger partial charge is 0.220 e. The number of nitrogens with one attached hydrogen (secondary N) is 2. The number of fused-ring (bicyclic) bond motifs is 1. The second-order valence-corrected chi connectivity index (χ2v) is 7.01. The minimum atomic E-state index is 0.0640. The monoisotopic (exact) mass is 380 g/mol. The van der Waals surface area contributed by atoms with Crippen LogP contribution in [0.2, 0.25) is 0 Å². The molecular weight excluding hydrogens is 352 g/mol. The summed E-state index contributed by atoms with van der Waals surface area (Å²) in [7, 11) is 0. The number of ether oxygens (including phenoxy) is 1. The standard InChI is InChI=1S/C17H28N6O2S/c1-5-25-9-7-19-15-13-11-20-23(16(13)22-17(21-15)26-4)8-6-18-14(24)10-12(2)3/h11-12H,5-10H2,1-4H3,(H,18,24)(H,19,21,22). The second kappa shape index (κ2) is 10.3. The maximum absolute atomic E-state index is 11.8. The van der Waals surface area contributed by atoms with Crippen LogP contribution < -0.4 is 10.6 Å². The van der Waals surface area contributed by atoms with Gasteiger partial charge in [-0.3, -0.25) is 4.79 Å². The molecule has 2 N–H and O–H groups in total. The molecule has 0 atom stereocenters. The van der Waals surface area contributed by atoms with Gasteiger partial charge in [-0.1, -0.05) is 25.6 Å². The van der Waals surface area contributed by atoms with Crippen molar-refractivity contribution in [3.05, 3.63) is 6.20 Å². The van der Waals surface area contributed by atoms with Crippen LogP contribution in [0.1, 0.15) is 27.2 Å². The molecule has 0 saturated heterocycles. The number of amides is 1. The first-order valence-corrected chi connectivity index (χ1v) is 10.1. The topological polar surface area (TPSA) is 94.0 Å². The van der Waals surface area contributed by atoms with Crippen molar-refractivity contribution in [3.8, 4) is 0 Å². The zero-order chi connectivity index (χ0) is 18.9. The lowest BCUT2D eigenvalue weighted by molar-refractivity contribution is -0.121. The molecule has 0 aliphatic rings. The Morgan fingerprint density at radius 3 is 2.85 bits per heavy atom. The largest absolute Gasteiger partial charge is 0.380 e. The molecule has 0 radical (unpaired) electrons. The Morgan fingerprint density at radius 2 is 2.15 bits per heavy atom. The summed E-state index contributed by atoms with van der Waals surface area (Å²) in [4.78, 5) is 20.9. The van der Waals surface area contributed by atoms with Crippen LogP contribution in [0.5, 0.6) is 0 Å². The summed E-state index contributed by atoms with van der Waals surface area (Å²) in [5.74, 6) is 1.17. The number of rotatable bonds is 11. The van der Waals surface area contributed by atoms with Gasteiger partial charge in [-0.15, -0.1) is 0 Å². The van der Waals surface area contributed by atoms with Crippen molar-refractivity contribution in [2.24, 2.45) is 5.92 Å². The summed E-state index contributed by atoms with van der Waals surface area (Å²) < 4.78 is 7.17. The zero-order valence-electron chi connectivity index (χ0n) is 15.9. The van der Waals surface area contributed by atoms with Crippen LogP contribution in [0.15, 0.2) is 11.4 Å². The van der Waals surface area contributed by atoms with E-state index in [9.17, 15) is 4.79 Å². The summed E-state index contributed by atoms with van der Waals surface area (Å²) in [6.07, 6.45) is 4.24. The number of aromatic nitrogens is 4. The van der Waals surface area contributed by atoms with Gasteiger partial charge in [-0.2, -0.15) is 5.10 Å². The van der Waals surface area contributed by atoms with Crippen LogP contribution in [-0.2, 0) is 16.1 Å². The van der Waals surface area contributed by atoms with Crippen molar-refractivity contribution >= 4 is 34.5 Å². The van der Waals surface area contributed by atoms with E-state index in [-0.39, 0.29) is 5.91 Å². The van der Waals surface area contributed by atoms with Crippen LogP contribution in [0.25, 0.3) is 11.0 Å². The Morgan fingerprint density at radius 1 is 1.35 bits per heavy atom. The minimum absolute atomic E-state index is 0.0640. The molecule has 2 rings (SSSR count). The van der Waals surface area contributed by atoms with Crippen LogP contribution >= 0.6 is 11.8 Å². The van der Waals surface area contributed by atoms with Gasteiger partial charge in [0.1, 0.15) is 5.82 Å². The molecule has 2 aromatic heterocycles. The highest BCUT2D eigenvalue weighted by Crippen LogP contribution is 2.23. The number of carbonyl (C=O) groups is 1. The van der Waals surface area contributed by atoms with Crippen LogP contribution in [-0.4, -0.2) is 58.2 Å². The fourth-order valence-electron chi connectivity index (χ4n) is 2.46. The van der Waals surface area contributed by atoms with E-state index in [1.807, 2.05) is 27.0 Å². The predicted octanol–water partition coefficient (Wildman–Crippen LogP) is 2.16. The SMILES string of the molecule is CCOCCNc1nc(SC)nc2c1cnn2CCNC(=O)CC(C)C. The molecule has 2 heterocycles. The van der Waals surface area contributed by atoms with E-state index < -0.39 is 0 Å². The quantitative estimate of drug-likeness (QED) is 0.350. The van der Waals surface area contributed by atoms with Crippen molar-refractivity contribution in [1.82, 2.24) is 25.1 Å². The van der Waals surface area contributed by atoms with Crippen molar-refractivity contribution < 1.29 is 9.53 Å². The molecule has 9 heteroatoms. The van der Waals surface area contributed by atoms with Gasteiger partial charge in [0.2, 0.25) is 5.91 Å². The zero-order valence-corrected chi connectivity index (χ0v) is 16.7. The first-order valence-electron chi connectivity index (χ1n) is 8.91. The van der Waals surface area contributed by atoms with E-state index in [0.29, 0.717) is 50.3 Å². The molecular formula is C17H28N6O2S. The fraction of sp³-hybridized carbons (Fsp3) is 0.647. The molecule has 0 aliphatic heterocycles. The van der Waals surface area contributed by atoms with E-state index in [1.165, 1.54) is 11.8 Å². The van der Waals surface area contributed by atoms with Gasteiger partial charge in [0.05, 0.1) is 24.7 Å².